The van der Waals surface area contributed by atoms with E-state index in [1.54, 1.807) is 0 Å². The Hall–Kier alpha value is -0.380. The molecule has 0 amide bonds. The minimum Gasteiger partial charge on any atom is -0.312 e. The highest BCUT2D eigenvalue weighted by atomic mass is 79.9. The zero-order valence-corrected chi connectivity index (χ0v) is 15.7. The summed E-state index contributed by atoms with van der Waals surface area (Å²) >= 11 is 3.74. The van der Waals surface area contributed by atoms with Crippen LogP contribution in [0, 0.1) is 5.92 Å². The summed E-state index contributed by atoms with van der Waals surface area (Å²) in [6.45, 7) is 14.3. The van der Waals surface area contributed by atoms with Gasteiger partial charge in [0.25, 0.3) is 0 Å². The maximum atomic E-state index is 3.74. The molecule has 0 aromatic heterocycles. The van der Waals surface area contributed by atoms with Crippen molar-refractivity contribution in [2.75, 3.05) is 19.6 Å². The third-order valence-electron chi connectivity index (χ3n) is 3.67. The number of nitrogens with one attached hydrogen (secondary N) is 1. The quantitative estimate of drug-likeness (QED) is 0.648. The van der Waals surface area contributed by atoms with E-state index in [4.69, 9.17) is 0 Å². The topological polar surface area (TPSA) is 15.3 Å². The Balaban J connectivity index is 2.56. The van der Waals surface area contributed by atoms with Gasteiger partial charge in [-0.15, -0.1) is 0 Å². The van der Waals surface area contributed by atoms with E-state index in [2.05, 4.69) is 72.0 Å². The summed E-state index contributed by atoms with van der Waals surface area (Å²) in [5, 5.41) is 3.50. The maximum Gasteiger partial charge on any atom is 0.0244 e. The molecule has 2 nitrogen and oxygen atoms in total. The van der Waals surface area contributed by atoms with Crippen LogP contribution in [0.4, 0.5) is 0 Å². The first-order valence-electron chi connectivity index (χ1n) is 8.27. The minimum absolute atomic E-state index is 0.699. The number of rotatable bonds is 10. The standard InChI is InChI=1S/C18H31BrN2/c1-5-7-10-21(6-2)14-17-9-8-16(11-18(17)19)13-20-12-15(3)4/h8-9,11,15,20H,5-7,10,12-14H2,1-4H3. The molecule has 0 saturated heterocycles. The van der Waals surface area contributed by atoms with Crippen LogP contribution in [0.3, 0.4) is 0 Å². The second-order valence-corrected chi connectivity index (χ2v) is 7.03. The molecule has 0 aliphatic rings. The lowest BCUT2D eigenvalue weighted by molar-refractivity contribution is 0.275. The van der Waals surface area contributed by atoms with Gasteiger partial charge in [0.2, 0.25) is 0 Å². The van der Waals surface area contributed by atoms with Crippen LogP contribution in [0.5, 0.6) is 0 Å². The number of halogens is 1. The number of benzene rings is 1. The third-order valence-corrected chi connectivity index (χ3v) is 4.41. The Morgan fingerprint density at radius 2 is 2.00 bits per heavy atom. The van der Waals surface area contributed by atoms with Gasteiger partial charge in [0.1, 0.15) is 0 Å². The van der Waals surface area contributed by atoms with Crippen molar-refractivity contribution in [3.8, 4) is 0 Å². The molecule has 0 unspecified atom stereocenters. The fourth-order valence-electron chi connectivity index (χ4n) is 2.31. The van der Waals surface area contributed by atoms with Crippen molar-refractivity contribution in [1.29, 1.82) is 0 Å². The van der Waals surface area contributed by atoms with E-state index in [9.17, 15) is 0 Å². The average molecular weight is 355 g/mol. The van der Waals surface area contributed by atoms with E-state index in [1.165, 1.54) is 35.0 Å². The SMILES string of the molecule is CCCCN(CC)Cc1ccc(CNCC(C)C)cc1Br. The second-order valence-electron chi connectivity index (χ2n) is 6.17. The van der Waals surface area contributed by atoms with Crippen molar-refractivity contribution < 1.29 is 0 Å². The summed E-state index contributed by atoms with van der Waals surface area (Å²) in [5.74, 6) is 0.699. The molecule has 21 heavy (non-hydrogen) atoms. The van der Waals surface area contributed by atoms with Gasteiger partial charge in [0.05, 0.1) is 0 Å². The Kier molecular flexibility index (Phi) is 9.21. The second kappa shape index (κ2) is 10.4. The van der Waals surface area contributed by atoms with Crippen LogP contribution in [0.1, 0.15) is 51.7 Å². The largest absolute Gasteiger partial charge is 0.312 e. The fraction of sp³-hybridized carbons (Fsp3) is 0.667. The molecular formula is C18H31BrN2. The van der Waals surface area contributed by atoms with E-state index in [-0.39, 0.29) is 0 Å². The van der Waals surface area contributed by atoms with Gasteiger partial charge in [-0.05, 0) is 49.2 Å². The molecule has 0 saturated carbocycles. The highest BCUT2D eigenvalue weighted by molar-refractivity contribution is 9.10. The molecule has 0 radical (unpaired) electrons. The smallest absolute Gasteiger partial charge is 0.0244 e. The Bertz CT molecular complexity index is 404. The lowest BCUT2D eigenvalue weighted by atomic mass is 10.1. The van der Waals surface area contributed by atoms with E-state index >= 15 is 0 Å². The van der Waals surface area contributed by atoms with Crippen molar-refractivity contribution >= 4 is 15.9 Å². The summed E-state index contributed by atoms with van der Waals surface area (Å²) in [7, 11) is 0. The third kappa shape index (κ3) is 7.44. The molecular weight excluding hydrogens is 324 g/mol. The van der Waals surface area contributed by atoms with Crippen LogP contribution in [-0.4, -0.2) is 24.5 Å². The van der Waals surface area contributed by atoms with E-state index in [1.807, 2.05) is 0 Å². The number of hydrogen-bond acceptors (Lipinski definition) is 2. The normalized spacial score (nSPS) is 11.6. The monoisotopic (exact) mass is 354 g/mol. The molecule has 0 bridgehead atoms. The van der Waals surface area contributed by atoms with Crippen LogP contribution in [0.2, 0.25) is 0 Å². The fourth-order valence-corrected chi connectivity index (χ4v) is 2.86. The average Bonchev–Trinajstić information content (AvgIpc) is 2.45. The van der Waals surface area contributed by atoms with Crippen LogP contribution in [-0.2, 0) is 13.1 Å². The molecule has 0 aliphatic heterocycles. The summed E-state index contributed by atoms with van der Waals surface area (Å²) in [6.07, 6.45) is 2.54. The summed E-state index contributed by atoms with van der Waals surface area (Å²) in [4.78, 5) is 2.51. The lowest BCUT2D eigenvalue weighted by Gasteiger charge is -2.21. The molecule has 0 heterocycles. The number of hydrogen-bond donors (Lipinski definition) is 1. The van der Waals surface area contributed by atoms with Crippen LogP contribution in [0.25, 0.3) is 0 Å². The van der Waals surface area contributed by atoms with Crippen LogP contribution in [0.15, 0.2) is 22.7 Å². The van der Waals surface area contributed by atoms with Crippen LogP contribution >= 0.6 is 15.9 Å². The summed E-state index contributed by atoms with van der Waals surface area (Å²) < 4.78 is 1.24. The van der Waals surface area contributed by atoms with Crippen LogP contribution < -0.4 is 5.32 Å². The van der Waals surface area contributed by atoms with Gasteiger partial charge < -0.3 is 5.32 Å². The van der Waals surface area contributed by atoms with E-state index in [0.717, 1.165) is 26.2 Å². The first kappa shape index (κ1) is 18.7. The van der Waals surface area contributed by atoms with Gasteiger partial charge in [0.15, 0.2) is 0 Å². The first-order chi connectivity index (χ1) is 10.1. The van der Waals surface area contributed by atoms with Gasteiger partial charge >= 0.3 is 0 Å². The first-order valence-corrected chi connectivity index (χ1v) is 9.06. The molecule has 120 valence electrons. The molecule has 0 aliphatic carbocycles. The molecule has 1 aromatic rings. The minimum atomic E-state index is 0.699. The van der Waals surface area contributed by atoms with Crippen molar-refractivity contribution in [3.05, 3.63) is 33.8 Å². The summed E-state index contributed by atoms with van der Waals surface area (Å²) in [5.41, 5.74) is 2.74. The zero-order chi connectivity index (χ0) is 15.7. The highest BCUT2D eigenvalue weighted by Crippen LogP contribution is 2.20. The molecule has 3 heteroatoms. The van der Waals surface area contributed by atoms with Crippen molar-refractivity contribution in [1.82, 2.24) is 10.2 Å². The van der Waals surface area contributed by atoms with Gasteiger partial charge in [-0.25, -0.2) is 0 Å². The van der Waals surface area contributed by atoms with Gasteiger partial charge in [-0.2, -0.15) is 0 Å². The Labute approximate surface area is 139 Å². The molecule has 0 atom stereocenters. The number of unbranched alkanes of at least 4 members (excludes halogenated alkanes) is 1. The van der Waals surface area contributed by atoms with Crippen molar-refractivity contribution in [3.63, 3.8) is 0 Å². The lowest BCUT2D eigenvalue weighted by Crippen LogP contribution is -2.24. The zero-order valence-electron chi connectivity index (χ0n) is 14.1. The molecule has 1 rings (SSSR count). The molecule has 1 aromatic carbocycles. The van der Waals surface area contributed by atoms with Crippen molar-refractivity contribution in [2.24, 2.45) is 5.92 Å². The predicted octanol–water partition coefficient (Wildman–Crippen LogP) is 4.82. The molecule has 1 N–H and O–H groups in total. The van der Waals surface area contributed by atoms with Crippen molar-refractivity contribution in [2.45, 2.75) is 53.6 Å². The molecule has 0 spiro atoms. The van der Waals surface area contributed by atoms with Gasteiger partial charge in [-0.3, -0.25) is 4.90 Å². The molecule has 0 fully saturated rings. The predicted molar refractivity (Wildman–Crippen MR) is 96.5 cm³/mol. The maximum absolute atomic E-state index is 3.74. The van der Waals surface area contributed by atoms with E-state index < -0.39 is 0 Å². The number of nitrogens with zero attached hydrogens (tertiary/aromatic N) is 1. The highest BCUT2D eigenvalue weighted by Gasteiger charge is 2.07. The Morgan fingerprint density at radius 1 is 1.24 bits per heavy atom. The summed E-state index contributed by atoms with van der Waals surface area (Å²) in [6, 6.07) is 6.78. The van der Waals surface area contributed by atoms with E-state index in [0.29, 0.717) is 5.92 Å². The van der Waals surface area contributed by atoms with Gasteiger partial charge in [-0.1, -0.05) is 62.2 Å². The Morgan fingerprint density at radius 3 is 2.57 bits per heavy atom. The van der Waals surface area contributed by atoms with Gasteiger partial charge in [0, 0.05) is 17.6 Å².